The Morgan fingerprint density at radius 2 is 2.12 bits per heavy atom. The van der Waals surface area contributed by atoms with Crippen molar-refractivity contribution in [1.29, 1.82) is 0 Å². The smallest absolute Gasteiger partial charge is 0.241 e. The highest BCUT2D eigenvalue weighted by molar-refractivity contribution is 5.96. The number of hydrogen-bond acceptors (Lipinski definition) is 4. The van der Waals surface area contributed by atoms with E-state index in [1.807, 2.05) is 18.0 Å². The summed E-state index contributed by atoms with van der Waals surface area (Å²) in [7, 11) is 3.51. The van der Waals surface area contributed by atoms with Crippen LogP contribution in [-0.2, 0) is 4.79 Å². The van der Waals surface area contributed by atoms with Gasteiger partial charge in [0.15, 0.2) is 0 Å². The molecule has 1 aromatic carbocycles. The van der Waals surface area contributed by atoms with Gasteiger partial charge in [-0.15, -0.1) is 0 Å². The van der Waals surface area contributed by atoms with Crippen LogP contribution in [0.1, 0.15) is 0 Å². The molecule has 17 heavy (non-hydrogen) atoms. The lowest BCUT2D eigenvalue weighted by molar-refractivity contribution is -0.120. The van der Waals surface area contributed by atoms with Crippen molar-refractivity contribution < 1.29 is 9.53 Å². The second-order valence-electron chi connectivity index (χ2n) is 4.21. The van der Waals surface area contributed by atoms with E-state index < -0.39 is 0 Å². The number of benzene rings is 1. The average Bonchev–Trinajstić information content (AvgIpc) is 2.30. The second-order valence-corrected chi connectivity index (χ2v) is 4.21. The minimum atomic E-state index is 0.102. The first kappa shape index (κ1) is 11.7. The molecule has 5 heteroatoms. The second kappa shape index (κ2) is 4.63. The molecular formula is C12H17N3O2. The fourth-order valence-corrected chi connectivity index (χ4v) is 1.93. The Labute approximate surface area is 101 Å². The standard InChI is InChI=1S/C12H17N3O2/c1-14-5-6-15(12(16)8-14)9-3-4-10(13)11(7-9)17-2/h3-4,7H,5-6,8,13H2,1-2H3. The number of hydrogen-bond donors (Lipinski definition) is 1. The van der Waals surface area contributed by atoms with Gasteiger partial charge in [-0.05, 0) is 19.2 Å². The zero-order valence-electron chi connectivity index (χ0n) is 10.1. The molecule has 5 nitrogen and oxygen atoms in total. The fraction of sp³-hybridized carbons (Fsp3) is 0.417. The highest BCUT2D eigenvalue weighted by atomic mass is 16.5. The molecular weight excluding hydrogens is 218 g/mol. The Morgan fingerprint density at radius 3 is 2.76 bits per heavy atom. The van der Waals surface area contributed by atoms with E-state index in [0.29, 0.717) is 24.5 Å². The lowest BCUT2D eigenvalue weighted by atomic mass is 10.2. The Hall–Kier alpha value is -1.75. The number of ether oxygens (including phenoxy) is 1. The van der Waals surface area contributed by atoms with Crippen LogP contribution in [0, 0.1) is 0 Å². The number of nitrogen functional groups attached to an aromatic ring is 1. The van der Waals surface area contributed by atoms with Gasteiger partial charge in [0.1, 0.15) is 5.75 Å². The molecule has 0 radical (unpaired) electrons. The van der Waals surface area contributed by atoms with Crippen LogP contribution in [0.4, 0.5) is 11.4 Å². The Balaban J connectivity index is 2.25. The molecule has 1 aliphatic heterocycles. The molecule has 1 saturated heterocycles. The molecule has 2 rings (SSSR count). The van der Waals surface area contributed by atoms with Gasteiger partial charge in [0.05, 0.1) is 19.3 Å². The molecule has 0 aliphatic carbocycles. The number of rotatable bonds is 2. The molecule has 1 fully saturated rings. The summed E-state index contributed by atoms with van der Waals surface area (Å²) in [6.45, 7) is 2.02. The fourth-order valence-electron chi connectivity index (χ4n) is 1.93. The minimum absolute atomic E-state index is 0.102. The van der Waals surface area contributed by atoms with Crippen LogP contribution in [0.15, 0.2) is 18.2 Å². The summed E-state index contributed by atoms with van der Waals surface area (Å²) in [6.07, 6.45) is 0. The zero-order valence-corrected chi connectivity index (χ0v) is 10.1. The Kier molecular flexibility index (Phi) is 3.19. The van der Waals surface area contributed by atoms with Crippen LogP contribution >= 0.6 is 0 Å². The quantitative estimate of drug-likeness (QED) is 0.761. The number of amides is 1. The number of carbonyl (C=O) groups excluding carboxylic acids is 1. The van der Waals surface area contributed by atoms with Crippen molar-refractivity contribution in [3.8, 4) is 5.75 Å². The lowest BCUT2D eigenvalue weighted by Crippen LogP contribution is -2.48. The molecule has 2 N–H and O–H groups in total. The molecule has 0 saturated carbocycles. The maximum absolute atomic E-state index is 11.9. The van der Waals surface area contributed by atoms with E-state index in [1.54, 1.807) is 24.1 Å². The van der Waals surface area contributed by atoms with Crippen LogP contribution in [0.25, 0.3) is 0 Å². The number of methoxy groups -OCH3 is 1. The van der Waals surface area contributed by atoms with Crippen molar-refractivity contribution in [2.24, 2.45) is 0 Å². The van der Waals surface area contributed by atoms with Crippen molar-refractivity contribution in [3.63, 3.8) is 0 Å². The van der Waals surface area contributed by atoms with Gasteiger partial charge in [-0.3, -0.25) is 9.69 Å². The number of likely N-dealkylation sites (N-methyl/N-ethyl adjacent to an activating group) is 1. The Bertz CT molecular complexity index is 434. The molecule has 0 atom stereocenters. The van der Waals surface area contributed by atoms with Crippen LogP contribution in [0.3, 0.4) is 0 Å². The number of carbonyl (C=O) groups is 1. The third kappa shape index (κ3) is 2.34. The van der Waals surface area contributed by atoms with Crippen molar-refractivity contribution in [3.05, 3.63) is 18.2 Å². The maximum atomic E-state index is 11.9. The summed E-state index contributed by atoms with van der Waals surface area (Å²) >= 11 is 0. The van der Waals surface area contributed by atoms with Gasteiger partial charge in [-0.1, -0.05) is 0 Å². The molecule has 92 valence electrons. The highest BCUT2D eigenvalue weighted by Gasteiger charge is 2.23. The number of nitrogens with two attached hydrogens (primary N) is 1. The first-order valence-electron chi connectivity index (χ1n) is 5.54. The summed E-state index contributed by atoms with van der Waals surface area (Å²) in [5.41, 5.74) is 7.17. The predicted octanol–water partition coefficient (Wildman–Crippen LogP) is 0.556. The average molecular weight is 235 g/mol. The summed E-state index contributed by atoms with van der Waals surface area (Å²) in [5, 5.41) is 0. The summed E-state index contributed by atoms with van der Waals surface area (Å²) in [6, 6.07) is 5.42. The van der Waals surface area contributed by atoms with Crippen LogP contribution in [-0.4, -0.2) is 44.6 Å². The third-order valence-corrected chi connectivity index (χ3v) is 2.94. The molecule has 0 unspecified atom stereocenters. The number of anilines is 2. The summed E-state index contributed by atoms with van der Waals surface area (Å²) in [4.78, 5) is 15.7. The van der Waals surface area contributed by atoms with Gasteiger partial charge < -0.3 is 15.4 Å². The van der Waals surface area contributed by atoms with Crippen LogP contribution in [0.5, 0.6) is 5.75 Å². The van der Waals surface area contributed by atoms with Crippen molar-refractivity contribution >= 4 is 17.3 Å². The van der Waals surface area contributed by atoms with Gasteiger partial charge in [-0.25, -0.2) is 0 Å². The number of nitrogens with zero attached hydrogens (tertiary/aromatic N) is 2. The predicted molar refractivity (Wildman–Crippen MR) is 67.3 cm³/mol. The molecule has 0 aromatic heterocycles. The highest BCUT2D eigenvalue weighted by Crippen LogP contribution is 2.28. The molecule has 0 bridgehead atoms. The van der Waals surface area contributed by atoms with Gasteiger partial charge in [0.2, 0.25) is 5.91 Å². The zero-order chi connectivity index (χ0) is 12.4. The molecule has 1 aromatic rings. The topological polar surface area (TPSA) is 58.8 Å². The van der Waals surface area contributed by atoms with Crippen molar-refractivity contribution in [1.82, 2.24) is 4.90 Å². The maximum Gasteiger partial charge on any atom is 0.241 e. The summed E-state index contributed by atoms with van der Waals surface area (Å²) < 4.78 is 5.16. The van der Waals surface area contributed by atoms with Crippen LogP contribution < -0.4 is 15.4 Å². The summed E-state index contributed by atoms with van der Waals surface area (Å²) in [5.74, 6) is 0.708. The van der Waals surface area contributed by atoms with Gasteiger partial charge in [0.25, 0.3) is 0 Å². The monoisotopic (exact) mass is 235 g/mol. The normalized spacial score (nSPS) is 17.3. The van der Waals surface area contributed by atoms with Gasteiger partial charge in [0, 0.05) is 24.8 Å². The Morgan fingerprint density at radius 1 is 1.35 bits per heavy atom. The van der Waals surface area contributed by atoms with E-state index in [1.165, 1.54) is 0 Å². The molecule has 1 heterocycles. The SMILES string of the molecule is COc1cc(N2CCN(C)CC2=O)ccc1N. The van der Waals surface area contributed by atoms with Crippen LogP contribution in [0.2, 0.25) is 0 Å². The van der Waals surface area contributed by atoms with Gasteiger partial charge in [-0.2, -0.15) is 0 Å². The van der Waals surface area contributed by atoms with E-state index in [9.17, 15) is 4.79 Å². The minimum Gasteiger partial charge on any atom is -0.495 e. The third-order valence-electron chi connectivity index (χ3n) is 2.94. The molecule has 1 amide bonds. The van der Waals surface area contributed by atoms with Crippen molar-refractivity contribution in [2.45, 2.75) is 0 Å². The van der Waals surface area contributed by atoms with E-state index in [0.717, 1.165) is 12.2 Å². The first-order valence-corrected chi connectivity index (χ1v) is 5.54. The molecule has 1 aliphatic rings. The van der Waals surface area contributed by atoms with Gasteiger partial charge >= 0.3 is 0 Å². The molecule has 0 spiro atoms. The largest absolute Gasteiger partial charge is 0.495 e. The van der Waals surface area contributed by atoms with E-state index >= 15 is 0 Å². The van der Waals surface area contributed by atoms with E-state index in [2.05, 4.69) is 0 Å². The number of piperazine rings is 1. The lowest BCUT2D eigenvalue weighted by Gasteiger charge is -2.32. The van der Waals surface area contributed by atoms with E-state index in [-0.39, 0.29) is 5.91 Å². The van der Waals surface area contributed by atoms with Crippen molar-refractivity contribution in [2.75, 3.05) is 44.4 Å². The van der Waals surface area contributed by atoms with E-state index in [4.69, 9.17) is 10.5 Å². The first-order chi connectivity index (χ1) is 8.11.